The first kappa shape index (κ1) is 33.0. The third kappa shape index (κ3) is 6.07. The molecule has 10 rings (SSSR count). The van der Waals surface area contributed by atoms with E-state index in [9.17, 15) is 0 Å². The molecule has 264 valence electrons. The molecule has 0 fully saturated rings. The normalized spacial score (nSPS) is 11.2. The molecule has 0 spiro atoms. The third-order valence-electron chi connectivity index (χ3n) is 10.3. The predicted octanol–water partition coefficient (Wildman–Crippen LogP) is 13.1. The molecule has 0 aliphatic heterocycles. The summed E-state index contributed by atoms with van der Waals surface area (Å²) in [5, 5.41) is 2.30. The first-order valence-electron chi connectivity index (χ1n) is 18.8. The zero-order valence-electron chi connectivity index (χ0n) is 30.4. The van der Waals surface area contributed by atoms with Crippen LogP contribution in [0.25, 0.3) is 72.8 Å². The summed E-state index contributed by atoms with van der Waals surface area (Å²) >= 11 is 0. The van der Waals surface area contributed by atoms with Gasteiger partial charge < -0.3 is 4.90 Å². The van der Waals surface area contributed by atoms with Crippen molar-refractivity contribution in [1.82, 2.24) is 19.5 Å². The van der Waals surface area contributed by atoms with Crippen LogP contribution in [0.4, 0.5) is 17.1 Å². The van der Waals surface area contributed by atoms with E-state index in [-0.39, 0.29) is 0 Å². The fourth-order valence-corrected chi connectivity index (χ4v) is 7.62. The summed E-state index contributed by atoms with van der Waals surface area (Å²) in [4.78, 5) is 17.9. The lowest BCUT2D eigenvalue weighted by molar-refractivity contribution is 0.953. The maximum absolute atomic E-state index is 5.25. The van der Waals surface area contributed by atoms with Crippen LogP contribution in [0.1, 0.15) is 0 Å². The molecule has 0 saturated carbocycles. The van der Waals surface area contributed by atoms with Crippen molar-refractivity contribution in [3.05, 3.63) is 212 Å². The zero-order valence-corrected chi connectivity index (χ0v) is 30.4. The molecular weight excluding hydrogens is 683 g/mol. The number of aromatic nitrogens is 4. The number of fused-ring (bicyclic) bond motifs is 3. The smallest absolute Gasteiger partial charge is 0.238 e. The Labute approximate surface area is 325 Å². The van der Waals surface area contributed by atoms with E-state index < -0.39 is 0 Å². The second-order valence-electron chi connectivity index (χ2n) is 13.7. The van der Waals surface area contributed by atoms with Crippen molar-refractivity contribution in [2.75, 3.05) is 4.90 Å². The number of nitrogens with zero attached hydrogens (tertiary/aromatic N) is 5. The van der Waals surface area contributed by atoms with Crippen molar-refractivity contribution < 1.29 is 0 Å². The Kier molecular flexibility index (Phi) is 8.43. The molecule has 0 unspecified atom stereocenters. The molecule has 0 amide bonds. The van der Waals surface area contributed by atoms with Gasteiger partial charge in [0.2, 0.25) is 5.95 Å². The van der Waals surface area contributed by atoms with Gasteiger partial charge in [0, 0.05) is 38.8 Å². The largest absolute Gasteiger partial charge is 0.310 e. The van der Waals surface area contributed by atoms with Crippen molar-refractivity contribution in [3.63, 3.8) is 0 Å². The van der Waals surface area contributed by atoms with Crippen LogP contribution in [0, 0.1) is 0 Å². The highest BCUT2D eigenvalue weighted by Crippen LogP contribution is 2.41. The number of hydrogen-bond donors (Lipinski definition) is 0. The van der Waals surface area contributed by atoms with Gasteiger partial charge >= 0.3 is 0 Å². The molecule has 10 aromatic rings. The van der Waals surface area contributed by atoms with Gasteiger partial charge in [-0.25, -0.2) is 4.98 Å². The molecular formula is C51H35N5. The SMILES string of the molecule is c1ccc(-c2ccc(-c3nc(-c4cccc(-c5ccccc5N(c5ccccc5)c5ccccc5)c4)nc(-n4c5ccccc5c5ccccc54)n3)cc2)cc1. The van der Waals surface area contributed by atoms with Crippen molar-refractivity contribution in [2.45, 2.75) is 0 Å². The number of para-hydroxylation sites is 5. The van der Waals surface area contributed by atoms with Crippen LogP contribution in [0.5, 0.6) is 0 Å². The van der Waals surface area contributed by atoms with Crippen molar-refractivity contribution in [2.24, 2.45) is 0 Å². The van der Waals surface area contributed by atoms with Gasteiger partial charge in [-0.15, -0.1) is 0 Å². The molecule has 0 bridgehead atoms. The second-order valence-corrected chi connectivity index (χ2v) is 13.7. The van der Waals surface area contributed by atoms with Crippen LogP contribution >= 0.6 is 0 Å². The molecule has 0 aliphatic rings. The Bertz CT molecular complexity index is 2860. The molecule has 2 aromatic heterocycles. The van der Waals surface area contributed by atoms with E-state index in [2.05, 4.69) is 216 Å². The highest BCUT2D eigenvalue weighted by molar-refractivity contribution is 6.09. The minimum atomic E-state index is 0.569. The summed E-state index contributed by atoms with van der Waals surface area (Å²) in [6, 6.07) is 73.9. The van der Waals surface area contributed by atoms with E-state index in [1.165, 1.54) is 0 Å². The van der Waals surface area contributed by atoms with Gasteiger partial charge in [-0.05, 0) is 65.2 Å². The van der Waals surface area contributed by atoms with E-state index in [4.69, 9.17) is 15.0 Å². The van der Waals surface area contributed by atoms with Crippen LogP contribution in [0.15, 0.2) is 212 Å². The predicted molar refractivity (Wildman–Crippen MR) is 231 cm³/mol. The maximum atomic E-state index is 5.25. The lowest BCUT2D eigenvalue weighted by atomic mass is 9.99. The fraction of sp³-hybridized carbons (Fsp3) is 0. The Morgan fingerprint density at radius 2 is 0.804 bits per heavy atom. The third-order valence-corrected chi connectivity index (χ3v) is 10.3. The molecule has 0 atom stereocenters. The summed E-state index contributed by atoms with van der Waals surface area (Å²) in [6.45, 7) is 0. The van der Waals surface area contributed by atoms with Crippen molar-refractivity contribution in [1.29, 1.82) is 0 Å². The lowest BCUT2D eigenvalue weighted by Gasteiger charge is -2.27. The average molecular weight is 718 g/mol. The van der Waals surface area contributed by atoms with E-state index in [1.807, 2.05) is 6.07 Å². The maximum Gasteiger partial charge on any atom is 0.238 e. The number of rotatable bonds is 8. The molecule has 5 nitrogen and oxygen atoms in total. The van der Waals surface area contributed by atoms with Crippen LogP contribution in [-0.2, 0) is 0 Å². The molecule has 8 aromatic carbocycles. The molecule has 2 heterocycles. The average Bonchev–Trinajstić information content (AvgIpc) is 3.62. The van der Waals surface area contributed by atoms with Crippen LogP contribution in [0.2, 0.25) is 0 Å². The van der Waals surface area contributed by atoms with E-state index in [0.717, 1.165) is 72.2 Å². The fourth-order valence-electron chi connectivity index (χ4n) is 7.62. The molecule has 0 N–H and O–H groups in total. The van der Waals surface area contributed by atoms with Gasteiger partial charge in [0.25, 0.3) is 0 Å². The summed E-state index contributed by atoms with van der Waals surface area (Å²) < 4.78 is 2.16. The molecule has 0 saturated heterocycles. The Balaban J connectivity index is 1.14. The Hall–Kier alpha value is -7.63. The minimum Gasteiger partial charge on any atom is -0.310 e. The van der Waals surface area contributed by atoms with E-state index >= 15 is 0 Å². The topological polar surface area (TPSA) is 46.8 Å². The van der Waals surface area contributed by atoms with Gasteiger partial charge in [0.15, 0.2) is 11.6 Å². The second kappa shape index (κ2) is 14.3. The highest BCUT2D eigenvalue weighted by Gasteiger charge is 2.20. The first-order chi connectivity index (χ1) is 27.8. The van der Waals surface area contributed by atoms with Crippen molar-refractivity contribution in [3.8, 4) is 51.0 Å². The first-order valence-corrected chi connectivity index (χ1v) is 18.8. The number of benzene rings is 8. The van der Waals surface area contributed by atoms with Crippen LogP contribution < -0.4 is 4.90 Å². The van der Waals surface area contributed by atoms with Gasteiger partial charge in [0.05, 0.1) is 16.7 Å². The van der Waals surface area contributed by atoms with Crippen LogP contribution in [-0.4, -0.2) is 19.5 Å². The number of hydrogen-bond acceptors (Lipinski definition) is 4. The molecule has 0 radical (unpaired) electrons. The zero-order chi connectivity index (χ0) is 37.3. The summed E-state index contributed by atoms with van der Waals surface area (Å²) in [5.74, 6) is 1.78. The summed E-state index contributed by atoms with van der Waals surface area (Å²) in [5.41, 5.74) is 11.6. The van der Waals surface area contributed by atoms with Gasteiger partial charge in [-0.2, -0.15) is 9.97 Å². The molecule has 56 heavy (non-hydrogen) atoms. The van der Waals surface area contributed by atoms with Crippen molar-refractivity contribution >= 4 is 38.9 Å². The minimum absolute atomic E-state index is 0.569. The highest BCUT2D eigenvalue weighted by atomic mass is 15.2. The molecule has 5 heteroatoms. The number of anilines is 3. The van der Waals surface area contributed by atoms with Crippen LogP contribution in [0.3, 0.4) is 0 Å². The monoisotopic (exact) mass is 717 g/mol. The molecule has 0 aliphatic carbocycles. The standard InChI is InChI=1S/C51H35N5/c1-4-17-36(18-5-1)37-31-33-38(34-32-37)49-52-50(54-51(53-49)56-47-29-14-11-26-44(47)45-27-12-15-30-48(45)56)40-20-16-19-39(35-40)43-25-10-13-28-46(43)55(41-21-6-2-7-22-41)42-23-8-3-9-24-42/h1-35H. The van der Waals surface area contributed by atoms with E-state index in [0.29, 0.717) is 17.6 Å². The summed E-state index contributed by atoms with van der Waals surface area (Å²) in [6.07, 6.45) is 0. The van der Waals surface area contributed by atoms with E-state index in [1.54, 1.807) is 0 Å². The summed E-state index contributed by atoms with van der Waals surface area (Å²) in [7, 11) is 0. The van der Waals surface area contributed by atoms with Gasteiger partial charge in [0.1, 0.15) is 0 Å². The Morgan fingerprint density at radius 3 is 1.45 bits per heavy atom. The lowest BCUT2D eigenvalue weighted by Crippen LogP contribution is -2.11. The van der Waals surface area contributed by atoms with Gasteiger partial charge in [-0.1, -0.05) is 164 Å². The van der Waals surface area contributed by atoms with Gasteiger partial charge in [-0.3, -0.25) is 4.57 Å². The quantitative estimate of drug-likeness (QED) is 0.157. The Morgan fingerprint density at radius 1 is 0.339 bits per heavy atom.